The van der Waals surface area contributed by atoms with Gasteiger partial charge in [0.2, 0.25) is 5.75 Å². The number of aryl methyl sites for hydroxylation is 2. The van der Waals surface area contributed by atoms with Gasteiger partial charge in [0.1, 0.15) is 11.5 Å². The average Bonchev–Trinajstić information content (AvgIpc) is 3.01. The Labute approximate surface area is 154 Å². The van der Waals surface area contributed by atoms with Crippen LogP contribution in [0.1, 0.15) is 11.4 Å². The van der Waals surface area contributed by atoms with Crippen LogP contribution >= 0.6 is 0 Å². The van der Waals surface area contributed by atoms with Crippen LogP contribution in [0.3, 0.4) is 0 Å². The molecule has 2 aromatic heterocycles. The Morgan fingerprint density at radius 2 is 1.93 bits per heavy atom. The summed E-state index contributed by atoms with van der Waals surface area (Å²) in [6.45, 7) is 3.05. The average molecular weight is 367 g/mol. The molecule has 9 heteroatoms. The number of anilines is 1. The second-order valence-electron chi connectivity index (χ2n) is 5.79. The zero-order valence-corrected chi connectivity index (χ0v) is 14.7. The number of carbonyl (C=O) groups excluding carboxylic acids is 1. The van der Waals surface area contributed by atoms with E-state index in [9.17, 15) is 14.9 Å². The van der Waals surface area contributed by atoms with Crippen molar-refractivity contribution in [1.82, 2.24) is 14.8 Å². The van der Waals surface area contributed by atoms with Gasteiger partial charge in [-0.25, -0.2) is 4.68 Å². The predicted molar refractivity (Wildman–Crippen MR) is 98.1 cm³/mol. The maximum Gasteiger partial charge on any atom is 0.406 e. The quantitative estimate of drug-likeness (QED) is 0.529. The Morgan fingerprint density at radius 3 is 2.63 bits per heavy atom. The van der Waals surface area contributed by atoms with Crippen molar-refractivity contribution in [2.75, 3.05) is 11.9 Å². The molecule has 27 heavy (non-hydrogen) atoms. The molecule has 0 aliphatic rings. The van der Waals surface area contributed by atoms with Crippen LogP contribution in [0.2, 0.25) is 0 Å². The van der Waals surface area contributed by atoms with E-state index >= 15 is 0 Å². The van der Waals surface area contributed by atoms with Crippen molar-refractivity contribution in [3.63, 3.8) is 0 Å². The van der Waals surface area contributed by atoms with E-state index in [2.05, 4.69) is 15.4 Å². The van der Waals surface area contributed by atoms with E-state index in [1.807, 2.05) is 37.3 Å². The van der Waals surface area contributed by atoms with E-state index in [0.29, 0.717) is 11.5 Å². The number of hydrogen-bond acceptors (Lipinski definition) is 6. The number of ether oxygens (including phenoxy) is 1. The summed E-state index contributed by atoms with van der Waals surface area (Å²) in [5, 5.41) is 18.1. The first kappa shape index (κ1) is 18.1. The standard InChI is InChI=1S/C18H17N5O4/c1-12-8-9-15(18(19-12)23(25)26)27-11-17(24)20-16-10-13(2)21-22(16)14-6-4-3-5-7-14/h3-10H,11H2,1-2H3,(H,20,24). The number of aromatic nitrogens is 3. The Balaban J connectivity index is 1.72. The van der Waals surface area contributed by atoms with Crippen LogP contribution in [0.5, 0.6) is 5.75 Å². The third-order valence-corrected chi connectivity index (χ3v) is 3.61. The van der Waals surface area contributed by atoms with Gasteiger partial charge in [-0.1, -0.05) is 18.2 Å². The van der Waals surface area contributed by atoms with Crippen LogP contribution in [0.4, 0.5) is 11.6 Å². The maximum absolute atomic E-state index is 12.3. The van der Waals surface area contributed by atoms with E-state index in [0.717, 1.165) is 11.4 Å². The second kappa shape index (κ2) is 7.65. The highest BCUT2D eigenvalue weighted by molar-refractivity contribution is 5.91. The second-order valence-corrected chi connectivity index (χ2v) is 5.79. The Kier molecular flexibility index (Phi) is 5.11. The van der Waals surface area contributed by atoms with Gasteiger partial charge < -0.3 is 20.2 Å². The number of para-hydroxylation sites is 1. The smallest absolute Gasteiger partial charge is 0.406 e. The number of nitro groups is 1. The van der Waals surface area contributed by atoms with Crippen LogP contribution in [-0.4, -0.2) is 32.2 Å². The molecule has 3 rings (SSSR count). The number of benzene rings is 1. The molecule has 0 aliphatic heterocycles. The number of rotatable bonds is 6. The monoisotopic (exact) mass is 367 g/mol. The summed E-state index contributed by atoms with van der Waals surface area (Å²) in [6, 6.07) is 14.1. The third kappa shape index (κ3) is 4.27. The summed E-state index contributed by atoms with van der Waals surface area (Å²) in [4.78, 5) is 26.5. The fourth-order valence-corrected chi connectivity index (χ4v) is 2.45. The number of amides is 1. The molecule has 0 fully saturated rings. The number of hydrogen-bond donors (Lipinski definition) is 1. The molecule has 1 N–H and O–H groups in total. The SMILES string of the molecule is Cc1ccc(OCC(=O)Nc2cc(C)nn2-c2ccccc2)c([N+](=O)[O-])n1. The molecule has 3 aromatic rings. The molecule has 9 nitrogen and oxygen atoms in total. The molecule has 0 saturated heterocycles. The van der Waals surface area contributed by atoms with Crippen LogP contribution < -0.4 is 10.1 Å². The lowest BCUT2D eigenvalue weighted by Gasteiger charge is -2.10. The summed E-state index contributed by atoms with van der Waals surface area (Å²) in [5.74, 6) is -0.479. The number of pyridine rings is 1. The predicted octanol–water partition coefficient (Wildman–Crippen LogP) is 2.81. The van der Waals surface area contributed by atoms with Crippen molar-refractivity contribution in [2.24, 2.45) is 0 Å². The summed E-state index contributed by atoms with van der Waals surface area (Å²) >= 11 is 0. The van der Waals surface area contributed by atoms with E-state index in [1.165, 1.54) is 6.07 Å². The Hall–Kier alpha value is -3.75. The maximum atomic E-state index is 12.3. The van der Waals surface area contributed by atoms with Gasteiger partial charge in [0.25, 0.3) is 5.91 Å². The highest BCUT2D eigenvalue weighted by Gasteiger charge is 2.19. The fourth-order valence-electron chi connectivity index (χ4n) is 2.45. The molecule has 138 valence electrons. The van der Waals surface area contributed by atoms with Crippen molar-refractivity contribution < 1.29 is 14.5 Å². The van der Waals surface area contributed by atoms with Crippen LogP contribution in [0.25, 0.3) is 5.69 Å². The first-order valence-corrected chi connectivity index (χ1v) is 8.11. The molecule has 0 aliphatic carbocycles. The zero-order valence-electron chi connectivity index (χ0n) is 14.7. The minimum Gasteiger partial charge on any atom is -0.476 e. The van der Waals surface area contributed by atoms with Gasteiger partial charge in [-0.15, -0.1) is 0 Å². The molecule has 0 bridgehead atoms. The largest absolute Gasteiger partial charge is 0.476 e. The van der Waals surface area contributed by atoms with Crippen molar-refractivity contribution in [3.05, 3.63) is 70.0 Å². The molecule has 0 saturated carbocycles. The van der Waals surface area contributed by atoms with Crippen LogP contribution in [0, 0.1) is 24.0 Å². The first-order chi connectivity index (χ1) is 12.9. The minimum absolute atomic E-state index is 0.0616. The van der Waals surface area contributed by atoms with Crippen molar-refractivity contribution in [3.8, 4) is 11.4 Å². The van der Waals surface area contributed by atoms with E-state index in [-0.39, 0.29) is 5.75 Å². The molecule has 0 atom stereocenters. The summed E-state index contributed by atoms with van der Waals surface area (Å²) < 4.78 is 6.89. The fraction of sp³-hybridized carbons (Fsp3) is 0.167. The summed E-state index contributed by atoms with van der Waals surface area (Å²) in [6.07, 6.45) is 0. The molecule has 0 radical (unpaired) electrons. The van der Waals surface area contributed by atoms with Crippen molar-refractivity contribution >= 4 is 17.5 Å². The number of carbonyl (C=O) groups is 1. The van der Waals surface area contributed by atoms with Gasteiger partial charge in [-0.05, 0) is 41.1 Å². The highest BCUT2D eigenvalue weighted by atomic mass is 16.6. The highest BCUT2D eigenvalue weighted by Crippen LogP contribution is 2.24. The molecule has 2 heterocycles. The molecular formula is C18H17N5O4. The number of nitrogens with one attached hydrogen (secondary N) is 1. The van der Waals surface area contributed by atoms with Crippen molar-refractivity contribution in [1.29, 1.82) is 0 Å². The van der Waals surface area contributed by atoms with Gasteiger partial charge in [0.15, 0.2) is 6.61 Å². The van der Waals surface area contributed by atoms with Gasteiger partial charge >= 0.3 is 5.82 Å². The Bertz CT molecular complexity index is 985. The molecule has 0 spiro atoms. The number of nitrogens with zero attached hydrogens (tertiary/aromatic N) is 4. The lowest BCUT2D eigenvalue weighted by Crippen LogP contribution is -2.22. The van der Waals surface area contributed by atoms with Gasteiger partial charge in [0.05, 0.1) is 11.4 Å². The lowest BCUT2D eigenvalue weighted by atomic mass is 10.3. The van der Waals surface area contributed by atoms with Crippen LogP contribution in [-0.2, 0) is 4.79 Å². The molecule has 0 unspecified atom stereocenters. The summed E-state index contributed by atoms with van der Waals surface area (Å²) in [7, 11) is 0. The van der Waals surface area contributed by atoms with Gasteiger partial charge in [-0.3, -0.25) is 4.79 Å². The first-order valence-electron chi connectivity index (χ1n) is 8.11. The molecular weight excluding hydrogens is 350 g/mol. The van der Waals surface area contributed by atoms with E-state index in [1.54, 1.807) is 23.7 Å². The third-order valence-electron chi connectivity index (χ3n) is 3.61. The van der Waals surface area contributed by atoms with Gasteiger partial charge in [0, 0.05) is 13.0 Å². The zero-order chi connectivity index (χ0) is 19.4. The van der Waals surface area contributed by atoms with Crippen LogP contribution in [0.15, 0.2) is 48.5 Å². The van der Waals surface area contributed by atoms with Gasteiger partial charge in [-0.2, -0.15) is 5.10 Å². The summed E-state index contributed by atoms with van der Waals surface area (Å²) in [5.41, 5.74) is 2.01. The minimum atomic E-state index is -0.645. The van der Waals surface area contributed by atoms with E-state index in [4.69, 9.17) is 4.74 Å². The Morgan fingerprint density at radius 1 is 1.19 bits per heavy atom. The normalized spacial score (nSPS) is 10.4. The van der Waals surface area contributed by atoms with Crippen molar-refractivity contribution in [2.45, 2.75) is 13.8 Å². The molecule has 1 amide bonds. The topological polar surface area (TPSA) is 112 Å². The lowest BCUT2D eigenvalue weighted by molar-refractivity contribution is -0.390. The van der Waals surface area contributed by atoms with E-state index < -0.39 is 23.3 Å². The molecule has 1 aromatic carbocycles.